The van der Waals surface area contributed by atoms with Gasteiger partial charge >= 0.3 is 0 Å². The van der Waals surface area contributed by atoms with Crippen molar-refractivity contribution in [2.75, 3.05) is 11.9 Å². The van der Waals surface area contributed by atoms with Gasteiger partial charge in [0.1, 0.15) is 23.1 Å². The molecule has 2 aromatic carbocycles. The first kappa shape index (κ1) is 19.4. The Kier molecular flexibility index (Phi) is 6.22. The van der Waals surface area contributed by atoms with E-state index in [9.17, 15) is 4.79 Å². The standard InChI is InChI=1S/C22H23N3O3/c1-4-21-20(14-23-15(3)24-21)22(26)25-16-6-8-18(9-7-16)28-19-12-10-17(11-13-19)27-5-2/h6-14H,4-5H2,1-3H3,(H,25,26). The monoisotopic (exact) mass is 377 g/mol. The summed E-state index contributed by atoms with van der Waals surface area (Å²) in [6, 6.07) is 14.6. The van der Waals surface area contributed by atoms with E-state index in [-0.39, 0.29) is 5.91 Å². The molecule has 1 amide bonds. The number of rotatable bonds is 7. The predicted molar refractivity (Wildman–Crippen MR) is 108 cm³/mol. The number of hydrogen-bond donors (Lipinski definition) is 1. The van der Waals surface area contributed by atoms with E-state index in [1.165, 1.54) is 0 Å². The molecule has 0 saturated carbocycles. The summed E-state index contributed by atoms with van der Waals surface area (Å²) < 4.78 is 11.2. The van der Waals surface area contributed by atoms with Crippen molar-refractivity contribution in [1.29, 1.82) is 0 Å². The van der Waals surface area contributed by atoms with Crippen molar-refractivity contribution in [3.63, 3.8) is 0 Å². The zero-order valence-electron chi connectivity index (χ0n) is 16.2. The van der Waals surface area contributed by atoms with E-state index in [0.29, 0.717) is 41.6 Å². The highest BCUT2D eigenvalue weighted by atomic mass is 16.5. The summed E-state index contributed by atoms with van der Waals surface area (Å²) in [6.45, 7) is 6.34. The van der Waals surface area contributed by atoms with Gasteiger partial charge in [-0.25, -0.2) is 9.97 Å². The third kappa shape index (κ3) is 4.85. The quantitative estimate of drug-likeness (QED) is 0.641. The second-order valence-electron chi connectivity index (χ2n) is 6.12. The van der Waals surface area contributed by atoms with Crippen LogP contribution >= 0.6 is 0 Å². The van der Waals surface area contributed by atoms with Crippen LogP contribution in [0, 0.1) is 6.92 Å². The van der Waals surface area contributed by atoms with Gasteiger partial charge in [0, 0.05) is 11.9 Å². The zero-order valence-corrected chi connectivity index (χ0v) is 16.2. The normalized spacial score (nSPS) is 10.4. The topological polar surface area (TPSA) is 73.3 Å². The van der Waals surface area contributed by atoms with Crippen molar-refractivity contribution in [3.05, 3.63) is 71.8 Å². The molecule has 0 spiro atoms. The van der Waals surface area contributed by atoms with Crippen LogP contribution in [0.5, 0.6) is 17.2 Å². The number of carbonyl (C=O) groups excluding carboxylic acids is 1. The Morgan fingerprint density at radius 3 is 2.18 bits per heavy atom. The molecule has 0 aliphatic heterocycles. The number of benzene rings is 2. The third-order valence-corrected chi connectivity index (χ3v) is 4.05. The fraction of sp³-hybridized carbons (Fsp3) is 0.227. The average molecular weight is 377 g/mol. The lowest BCUT2D eigenvalue weighted by Gasteiger charge is -2.10. The van der Waals surface area contributed by atoms with Crippen molar-refractivity contribution < 1.29 is 14.3 Å². The molecular formula is C22H23N3O3. The van der Waals surface area contributed by atoms with Gasteiger partial charge in [0.25, 0.3) is 5.91 Å². The first-order valence-electron chi connectivity index (χ1n) is 9.23. The Morgan fingerprint density at radius 2 is 1.57 bits per heavy atom. The smallest absolute Gasteiger partial charge is 0.259 e. The molecule has 3 rings (SSSR count). The van der Waals surface area contributed by atoms with Crippen LogP contribution < -0.4 is 14.8 Å². The molecule has 1 aromatic heterocycles. The van der Waals surface area contributed by atoms with E-state index < -0.39 is 0 Å². The minimum atomic E-state index is -0.225. The highest BCUT2D eigenvalue weighted by Crippen LogP contribution is 2.25. The molecule has 0 aliphatic carbocycles. The minimum absolute atomic E-state index is 0.225. The van der Waals surface area contributed by atoms with E-state index in [0.717, 1.165) is 11.4 Å². The van der Waals surface area contributed by atoms with Gasteiger partial charge in [-0.05, 0) is 68.8 Å². The third-order valence-electron chi connectivity index (χ3n) is 4.05. The zero-order chi connectivity index (χ0) is 19.9. The van der Waals surface area contributed by atoms with Gasteiger partial charge in [-0.2, -0.15) is 0 Å². The van der Waals surface area contributed by atoms with E-state index >= 15 is 0 Å². The summed E-state index contributed by atoms with van der Waals surface area (Å²) in [5, 5.41) is 2.87. The first-order valence-corrected chi connectivity index (χ1v) is 9.23. The molecule has 0 saturated heterocycles. The second-order valence-corrected chi connectivity index (χ2v) is 6.12. The van der Waals surface area contributed by atoms with Crippen LogP contribution in [0.25, 0.3) is 0 Å². The van der Waals surface area contributed by atoms with Gasteiger partial charge in [-0.15, -0.1) is 0 Å². The van der Waals surface area contributed by atoms with E-state index in [4.69, 9.17) is 9.47 Å². The number of carbonyl (C=O) groups is 1. The Morgan fingerprint density at radius 1 is 0.964 bits per heavy atom. The number of amides is 1. The lowest BCUT2D eigenvalue weighted by molar-refractivity contribution is 0.102. The molecule has 28 heavy (non-hydrogen) atoms. The molecule has 0 radical (unpaired) electrons. The molecule has 0 fully saturated rings. The number of hydrogen-bond acceptors (Lipinski definition) is 5. The summed E-state index contributed by atoms with van der Waals surface area (Å²) in [4.78, 5) is 21.0. The van der Waals surface area contributed by atoms with Crippen molar-refractivity contribution in [2.24, 2.45) is 0 Å². The number of aromatic nitrogens is 2. The molecule has 0 unspecified atom stereocenters. The Hall–Kier alpha value is -3.41. The Bertz CT molecular complexity index is 938. The summed E-state index contributed by atoms with van der Waals surface area (Å²) in [5.74, 6) is 2.63. The molecule has 0 atom stereocenters. The summed E-state index contributed by atoms with van der Waals surface area (Å²) in [7, 11) is 0. The van der Waals surface area contributed by atoms with E-state index in [1.807, 2.05) is 45.0 Å². The summed E-state index contributed by atoms with van der Waals surface area (Å²) in [6.07, 6.45) is 2.24. The van der Waals surface area contributed by atoms with Crippen molar-refractivity contribution in [2.45, 2.75) is 27.2 Å². The molecule has 6 nitrogen and oxygen atoms in total. The predicted octanol–water partition coefficient (Wildman–Crippen LogP) is 4.79. The van der Waals surface area contributed by atoms with Gasteiger partial charge in [-0.1, -0.05) is 6.92 Å². The molecule has 6 heteroatoms. The van der Waals surface area contributed by atoms with Gasteiger partial charge in [0.15, 0.2) is 0 Å². The minimum Gasteiger partial charge on any atom is -0.494 e. The largest absolute Gasteiger partial charge is 0.494 e. The van der Waals surface area contributed by atoms with Gasteiger partial charge < -0.3 is 14.8 Å². The maximum atomic E-state index is 12.5. The van der Waals surface area contributed by atoms with E-state index in [2.05, 4.69) is 15.3 Å². The maximum absolute atomic E-state index is 12.5. The average Bonchev–Trinajstić information content (AvgIpc) is 2.71. The molecule has 0 bridgehead atoms. The summed E-state index contributed by atoms with van der Waals surface area (Å²) in [5.41, 5.74) is 1.90. The van der Waals surface area contributed by atoms with Crippen LogP contribution in [0.4, 0.5) is 5.69 Å². The highest BCUT2D eigenvalue weighted by Gasteiger charge is 2.13. The molecule has 3 aromatic rings. The van der Waals surface area contributed by atoms with Crippen molar-refractivity contribution in [3.8, 4) is 17.2 Å². The van der Waals surface area contributed by atoms with Crippen molar-refractivity contribution in [1.82, 2.24) is 9.97 Å². The van der Waals surface area contributed by atoms with Crippen LogP contribution in [0.2, 0.25) is 0 Å². The Labute approximate surface area is 164 Å². The molecule has 1 N–H and O–H groups in total. The Balaban J connectivity index is 1.65. The van der Waals surface area contributed by atoms with Crippen LogP contribution in [-0.2, 0) is 6.42 Å². The SMILES string of the molecule is CCOc1ccc(Oc2ccc(NC(=O)c3cnc(C)nc3CC)cc2)cc1. The number of ether oxygens (including phenoxy) is 2. The number of aryl methyl sites for hydroxylation is 2. The summed E-state index contributed by atoms with van der Waals surface area (Å²) >= 11 is 0. The molecular weight excluding hydrogens is 354 g/mol. The lowest BCUT2D eigenvalue weighted by Crippen LogP contribution is -2.16. The van der Waals surface area contributed by atoms with Gasteiger partial charge in [-0.3, -0.25) is 4.79 Å². The second kappa shape index (κ2) is 8.99. The number of nitrogens with zero attached hydrogens (tertiary/aromatic N) is 2. The van der Waals surface area contributed by atoms with Crippen molar-refractivity contribution >= 4 is 11.6 Å². The van der Waals surface area contributed by atoms with Gasteiger partial charge in [0.05, 0.1) is 17.9 Å². The first-order chi connectivity index (χ1) is 13.6. The molecule has 0 aliphatic rings. The van der Waals surface area contributed by atoms with Crippen LogP contribution in [0.15, 0.2) is 54.7 Å². The highest BCUT2D eigenvalue weighted by molar-refractivity contribution is 6.04. The van der Waals surface area contributed by atoms with Crippen LogP contribution in [0.1, 0.15) is 35.7 Å². The fourth-order valence-electron chi connectivity index (χ4n) is 2.69. The van der Waals surface area contributed by atoms with Crippen LogP contribution in [0.3, 0.4) is 0 Å². The van der Waals surface area contributed by atoms with Gasteiger partial charge in [0.2, 0.25) is 0 Å². The molecule has 1 heterocycles. The maximum Gasteiger partial charge on any atom is 0.259 e. The van der Waals surface area contributed by atoms with E-state index in [1.54, 1.807) is 30.5 Å². The fourth-order valence-corrected chi connectivity index (χ4v) is 2.69. The number of nitrogens with one attached hydrogen (secondary N) is 1. The lowest BCUT2D eigenvalue weighted by atomic mass is 10.1. The number of anilines is 1. The van der Waals surface area contributed by atoms with Crippen LogP contribution in [-0.4, -0.2) is 22.5 Å². The molecule has 144 valence electrons.